The average molecular weight is 327 g/mol. The topological polar surface area (TPSA) is 50.1 Å². The third-order valence-electron chi connectivity index (χ3n) is 3.21. The van der Waals surface area contributed by atoms with Crippen molar-refractivity contribution < 1.29 is 9.53 Å². The lowest BCUT2D eigenvalue weighted by Crippen LogP contribution is -2.08. The molecule has 1 heterocycles. The van der Waals surface area contributed by atoms with Crippen LogP contribution in [0.25, 0.3) is 0 Å². The molecule has 3 rings (SSSR count). The lowest BCUT2D eigenvalue weighted by Gasteiger charge is -2.09. The van der Waals surface area contributed by atoms with Crippen LogP contribution in [0.2, 0.25) is 0 Å². The molecular weight excluding hydrogens is 314 g/mol. The fraction of sp³-hybridized carbons (Fsp3) is 0.176. The summed E-state index contributed by atoms with van der Waals surface area (Å²) in [4.78, 5) is 12.1. The van der Waals surface area contributed by atoms with Gasteiger partial charge in [-0.1, -0.05) is 18.2 Å². The van der Waals surface area contributed by atoms with Crippen LogP contribution in [0.15, 0.2) is 48.5 Å². The largest absolute Gasteiger partial charge is 0.423 e. The van der Waals surface area contributed by atoms with E-state index in [-0.39, 0.29) is 0 Å². The van der Waals surface area contributed by atoms with Gasteiger partial charge in [0, 0.05) is 11.5 Å². The Bertz CT molecular complexity index is 716. The maximum atomic E-state index is 12.1. The minimum absolute atomic E-state index is 0.384. The summed E-state index contributed by atoms with van der Waals surface area (Å²) < 4.78 is 5.78. The predicted octanol–water partition coefficient (Wildman–Crippen LogP) is 4.26. The number of thioether (sulfide) groups is 2. The van der Waals surface area contributed by atoms with Gasteiger partial charge in [-0.15, -0.1) is 23.5 Å². The van der Waals surface area contributed by atoms with Gasteiger partial charge >= 0.3 is 5.97 Å². The lowest BCUT2D eigenvalue weighted by atomic mass is 10.1. The van der Waals surface area contributed by atoms with Gasteiger partial charge in [-0.3, -0.25) is 0 Å². The Balaban J connectivity index is 1.70. The molecule has 2 aromatic carbocycles. The minimum Gasteiger partial charge on any atom is -0.423 e. The third kappa shape index (κ3) is 3.46. The highest BCUT2D eigenvalue weighted by Gasteiger charge is 2.18. The van der Waals surface area contributed by atoms with Crippen molar-refractivity contribution in [1.29, 1.82) is 5.26 Å². The molecule has 1 saturated heterocycles. The summed E-state index contributed by atoms with van der Waals surface area (Å²) in [5.41, 5.74) is 2.21. The first-order chi connectivity index (χ1) is 10.8. The Hall–Kier alpha value is -1.90. The SMILES string of the molecule is N#Cc1cccc(OC(=O)c2ccc(C3SCCS3)cc2)c1. The molecule has 110 valence electrons. The zero-order valence-corrected chi connectivity index (χ0v) is 13.3. The number of ether oxygens (including phenoxy) is 1. The van der Waals surface area contributed by atoms with Crippen LogP contribution in [-0.4, -0.2) is 17.5 Å². The molecule has 3 nitrogen and oxygen atoms in total. The summed E-state index contributed by atoms with van der Waals surface area (Å²) >= 11 is 3.87. The second kappa shape index (κ2) is 6.91. The van der Waals surface area contributed by atoms with Gasteiger partial charge in [-0.25, -0.2) is 4.79 Å². The first-order valence-corrected chi connectivity index (χ1v) is 8.91. The van der Waals surface area contributed by atoms with Crippen molar-refractivity contribution in [3.05, 3.63) is 65.2 Å². The van der Waals surface area contributed by atoms with Gasteiger partial charge in [-0.2, -0.15) is 5.26 Å². The fourth-order valence-corrected chi connectivity index (χ4v) is 4.98. The van der Waals surface area contributed by atoms with Crippen LogP contribution in [0.1, 0.15) is 26.1 Å². The highest BCUT2D eigenvalue weighted by atomic mass is 32.2. The number of hydrogen-bond acceptors (Lipinski definition) is 5. The van der Waals surface area contributed by atoms with Crippen LogP contribution < -0.4 is 4.74 Å². The molecule has 0 aliphatic carbocycles. The van der Waals surface area contributed by atoms with E-state index < -0.39 is 5.97 Å². The van der Waals surface area contributed by atoms with Crippen molar-refractivity contribution in [2.24, 2.45) is 0 Å². The summed E-state index contributed by atoms with van der Waals surface area (Å²) in [5.74, 6) is 2.33. The maximum absolute atomic E-state index is 12.1. The monoisotopic (exact) mass is 327 g/mol. The first kappa shape index (κ1) is 15.0. The fourth-order valence-electron chi connectivity index (χ4n) is 2.12. The minimum atomic E-state index is -0.409. The Labute approximate surface area is 137 Å². The molecule has 0 unspecified atom stereocenters. The highest BCUT2D eigenvalue weighted by molar-refractivity contribution is 8.19. The number of carbonyl (C=O) groups excluding carboxylic acids is 1. The van der Waals surface area contributed by atoms with Crippen molar-refractivity contribution in [2.45, 2.75) is 4.58 Å². The molecule has 0 atom stereocenters. The van der Waals surface area contributed by atoms with Gasteiger partial charge in [-0.05, 0) is 35.9 Å². The third-order valence-corrected chi connectivity index (χ3v) is 6.32. The van der Waals surface area contributed by atoms with Crippen LogP contribution in [0, 0.1) is 11.3 Å². The van der Waals surface area contributed by atoms with Gasteiger partial charge in [0.2, 0.25) is 0 Å². The predicted molar refractivity (Wildman–Crippen MR) is 90.2 cm³/mol. The number of nitriles is 1. The van der Waals surface area contributed by atoms with Gasteiger partial charge in [0.15, 0.2) is 0 Å². The van der Waals surface area contributed by atoms with Gasteiger partial charge in [0.1, 0.15) is 5.75 Å². The quantitative estimate of drug-likeness (QED) is 0.623. The molecule has 0 spiro atoms. The number of benzene rings is 2. The second-order valence-electron chi connectivity index (χ2n) is 4.72. The van der Waals surface area contributed by atoms with Crippen molar-refractivity contribution in [3.63, 3.8) is 0 Å². The lowest BCUT2D eigenvalue weighted by molar-refractivity contribution is 0.0735. The van der Waals surface area contributed by atoms with Crippen LogP contribution in [-0.2, 0) is 0 Å². The zero-order chi connectivity index (χ0) is 15.4. The number of hydrogen-bond donors (Lipinski definition) is 0. The van der Waals surface area contributed by atoms with Crippen molar-refractivity contribution in [1.82, 2.24) is 0 Å². The van der Waals surface area contributed by atoms with Gasteiger partial charge in [0.25, 0.3) is 0 Å². The van der Waals surface area contributed by atoms with Crippen molar-refractivity contribution in [2.75, 3.05) is 11.5 Å². The molecule has 5 heteroatoms. The van der Waals surface area contributed by atoms with Crippen molar-refractivity contribution >= 4 is 29.5 Å². The van der Waals surface area contributed by atoms with E-state index in [1.165, 1.54) is 17.1 Å². The number of rotatable bonds is 3. The van der Waals surface area contributed by atoms with Gasteiger partial charge < -0.3 is 4.74 Å². The number of carbonyl (C=O) groups is 1. The molecule has 1 aliphatic rings. The Morgan fingerprint density at radius 3 is 2.55 bits per heavy atom. The molecule has 0 saturated carbocycles. The molecule has 1 aliphatic heterocycles. The Kier molecular flexibility index (Phi) is 4.71. The Morgan fingerprint density at radius 1 is 1.14 bits per heavy atom. The summed E-state index contributed by atoms with van der Waals surface area (Å²) in [6.45, 7) is 0. The molecule has 0 radical (unpaired) electrons. The maximum Gasteiger partial charge on any atom is 0.343 e. The number of nitrogens with zero attached hydrogens (tertiary/aromatic N) is 1. The van der Waals surface area contributed by atoms with E-state index in [1.807, 2.05) is 41.7 Å². The van der Waals surface area contributed by atoms with Crippen LogP contribution in [0.5, 0.6) is 5.75 Å². The van der Waals surface area contributed by atoms with E-state index in [9.17, 15) is 4.79 Å². The molecule has 0 bridgehead atoms. The van der Waals surface area contributed by atoms with Crippen molar-refractivity contribution in [3.8, 4) is 11.8 Å². The molecule has 22 heavy (non-hydrogen) atoms. The zero-order valence-electron chi connectivity index (χ0n) is 11.7. The first-order valence-electron chi connectivity index (χ1n) is 6.82. The number of esters is 1. The van der Waals surface area contributed by atoms with E-state index in [2.05, 4.69) is 0 Å². The van der Waals surface area contributed by atoms with Crippen LogP contribution >= 0.6 is 23.5 Å². The second-order valence-corrected chi connectivity index (χ2v) is 7.45. The van der Waals surface area contributed by atoms with Crippen LogP contribution in [0.3, 0.4) is 0 Å². The van der Waals surface area contributed by atoms with E-state index in [0.29, 0.717) is 21.5 Å². The molecule has 2 aromatic rings. The van der Waals surface area contributed by atoms with Gasteiger partial charge in [0.05, 0.1) is 21.8 Å². The average Bonchev–Trinajstić information content (AvgIpc) is 3.09. The van der Waals surface area contributed by atoms with E-state index >= 15 is 0 Å². The standard InChI is InChI=1S/C17H13NO2S2/c18-11-12-2-1-3-15(10-12)20-16(19)13-4-6-14(7-5-13)17-21-8-9-22-17/h1-7,10,17H,8-9H2. The molecule has 1 fully saturated rings. The van der Waals surface area contributed by atoms with E-state index in [0.717, 1.165) is 0 Å². The van der Waals surface area contributed by atoms with E-state index in [1.54, 1.807) is 36.4 Å². The summed E-state index contributed by atoms with van der Waals surface area (Å²) in [5, 5.41) is 8.85. The molecular formula is C17H13NO2S2. The highest BCUT2D eigenvalue weighted by Crippen LogP contribution is 2.45. The molecule has 0 amide bonds. The normalized spacial score (nSPS) is 14.5. The summed E-state index contributed by atoms with van der Waals surface area (Å²) in [7, 11) is 0. The molecule has 0 aromatic heterocycles. The Morgan fingerprint density at radius 2 is 1.86 bits per heavy atom. The summed E-state index contributed by atoms with van der Waals surface area (Å²) in [6.07, 6.45) is 0. The molecule has 0 N–H and O–H groups in total. The smallest absolute Gasteiger partial charge is 0.343 e. The van der Waals surface area contributed by atoms with Crippen LogP contribution in [0.4, 0.5) is 0 Å². The summed E-state index contributed by atoms with van der Waals surface area (Å²) in [6, 6.07) is 16.2. The van der Waals surface area contributed by atoms with E-state index in [4.69, 9.17) is 10.00 Å².